The van der Waals surface area contributed by atoms with Gasteiger partial charge in [0.05, 0.1) is 24.5 Å². The maximum absolute atomic E-state index is 11.9. The van der Waals surface area contributed by atoms with Crippen molar-refractivity contribution in [3.63, 3.8) is 0 Å². The van der Waals surface area contributed by atoms with Crippen LogP contribution in [-0.2, 0) is 10.0 Å². The molecule has 0 spiro atoms. The molecule has 3 aromatic rings. The highest BCUT2D eigenvalue weighted by Crippen LogP contribution is 2.33. The number of nitriles is 1. The van der Waals surface area contributed by atoms with Crippen LogP contribution in [0.15, 0.2) is 54.9 Å². The second-order valence-electron chi connectivity index (χ2n) is 7.70. The Morgan fingerprint density at radius 3 is 2.90 bits per heavy atom. The van der Waals surface area contributed by atoms with Crippen LogP contribution in [0.4, 0.5) is 0 Å². The molecule has 1 saturated heterocycles. The summed E-state index contributed by atoms with van der Waals surface area (Å²) in [5.41, 5.74) is 2.51. The standard InChI is InChI=1S/C23H23N3O3S/c1-30(27,28)26-9-3-5-18(15-26)16-29-23-12-21(11-20-7-8-25-14-22(20)23)19-6-2-4-17(10-19)13-24/h2,4,6-8,10-12,14,18H,3,5,9,15-16H2,1H3. The molecule has 2 heterocycles. The number of hydrogen-bond donors (Lipinski definition) is 0. The van der Waals surface area contributed by atoms with Crippen LogP contribution in [-0.4, -0.2) is 43.7 Å². The summed E-state index contributed by atoms with van der Waals surface area (Å²) in [6.45, 7) is 1.50. The number of rotatable bonds is 5. The fourth-order valence-electron chi connectivity index (χ4n) is 3.89. The van der Waals surface area contributed by atoms with Crippen molar-refractivity contribution in [1.82, 2.24) is 9.29 Å². The first-order chi connectivity index (χ1) is 14.4. The normalized spacial score (nSPS) is 17.5. The predicted molar refractivity (Wildman–Crippen MR) is 117 cm³/mol. The highest BCUT2D eigenvalue weighted by atomic mass is 32.2. The molecule has 0 N–H and O–H groups in total. The molecule has 6 nitrogen and oxygen atoms in total. The Labute approximate surface area is 176 Å². The van der Waals surface area contributed by atoms with E-state index in [1.807, 2.05) is 30.3 Å². The minimum absolute atomic E-state index is 0.144. The number of fused-ring (bicyclic) bond motifs is 1. The molecule has 0 amide bonds. The Bertz CT molecular complexity index is 1220. The van der Waals surface area contributed by atoms with E-state index < -0.39 is 10.0 Å². The van der Waals surface area contributed by atoms with E-state index in [4.69, 9.17) is 4.74 Å². The summed E-state index contributed by atoms with van der Waals surface area (Å²) in [5.74, 6) is 0.861. The Balaban J connectivity index is 1.62. The van der Waals surface area contributed by atoms with Crippen molar-refractivity contribution in [2.45, 2.75) is 12.8 Å². The first-order valence-corrected chi connectivity index (χ1v) is 11.7. The lowest BCUT2D eigenvalue weighted by Gasteiger charge is -2.30. The predicted octanol–water partition coefficient (Wildman–Crippen LogP) is 3.82. The summed E-state index contributed by atoms with van der Waals surface area (Å²) in [4.78, 5) is 4.23. The Morgan fingerprint density at radius 1 is 1.23 bits per heavy atom. The van der Waals surface area contributed by atoms with Gasteiger partial charge in [0.15, 0.2) is 0 Å². The molecular weight excluding hydrogens is 398 g/mol. The quantitative estimate of drug-likeness (QED) is 0.625. The van der Waals surface area contributed by atoms with E-state index in [1.54, 1.807) is 18.5 Å². The molecular formula is C23H23N3O3S. The molecule has 1 unspecified atom stereocenters. The Morgan fingerprint density at radius 2 is 2.10 bits per heavy atom. The van der Waals surface area contributed by atoms with Gasteiger partial charge in [0.2, 0.25) is 10.0 Å². The van der Waals surface area contributed by atoms with Crippen LogP contribution in [0.3, 0.4) is 0 Å². The van der Waals surface area contributed by atoms with Crippen LogP contribution < -0.4 is 4.74 Å². The van der Waals surface area contributed by atoms with Gasteiger partial charge in [-0.2, -0.15) is 5.26 Å². The van der Waals surface area contributed by atoms with Crippen molar-refractivity contribution in [1.29, 1.82) is 5.26 Å². The minimum atomic E-state index is -3.18. The second kappa shape index (κ2) is 8.42. The number of benzene rings is 2. The van der Waals surface area contributed by atoms with Gasteiger partial charge in [-0.15, -0.1) is 0 Å². The van der Waals surface area contributed by atoms with Gasteiger partial charge in [-0.3, -0.25) is 4.98 Å². The van der Waals surface area contributed by atoms with Crippen LogP contribution in [0.25, 0.3) is 21.9 Å². The van der Waals surface area contributed by atoms with Crippen LogP contribution >= 0.6 is 0 Å². The molecule has 30 heavy (non-hydrogen) atoms. The molecule has 1 aromatic heterocycles. The van der Waals surface area contributed by atoms with Gasteiger partial charge < -0.3 is 4.74 Å². The third-order valence-electron chi connectivity index (χ3n) is 5.47. The molecule has 1 aliphatic rings. The SMILES string of the molecule is CS(=O)(=O)N1CCCC(COc2cc(-c3cccc(C#N)c3)cc3ccncc23)C1. The minimum Gasteiger partial charge on any atom is -0.493 e. The molecule has 0 radical (unpaired) electrons. The van der Waals surface area contributed by atoms with Gasteiger partial charge in [-0.1, -0.05) is 12.1 Å². The molecule has 1 atom stereocenters. The fraction of sp³-hybridized carbons (Fsp3) is 0.304. The van der Waals surface area contributed by atoms with E-state index in [0.29, 0.717) is 25.3 Å². The zero-order valence-electron chi connectivity index (χ0n) is 16.8. The summed E-state index contributed by atoms with van der Waals surface area (Å²) < 4.78 is 31.5. The number of hydrogen-bond acceptors (Lipinski definition) is 5. The van der Waals surface area contributed by atoms with Crippen molar-refractivity contribution >= 4 is 20.8 Å². The average Bonchev–Trinajstić information content (AvgIpc) is 2.77. The van der Waals surface area contributed by atoms with Gasteiger partial charge in [0, 0.05) is 36.8 Å². The summed E-state index contributed by atoms with van der Waals surface area (Å²) in [6.07, 6.45) is 6.56. The molecule has 1 aliphatic heterocycles. The fourth-order valence-corrected chi connectivity index (χ4v) is 4.83. The number of pyridine rings is 1. The average molecular weight is 422 g/mol. The molecule has 7 heteroatoms. The highest BCUT2D eigenvalue weighted by molar-refractivity contribution is 7.88. The van der Waals surface area contributed by atoms with Gasteiger partial charge >= 0.3 is 0 Å². The molecule has 0 aliphatic carbocycles. The maximum Gasteiger partial charge on any atom is 0.211 e. The molecule has 154 valence electrons. The van der Waals surface area contributed by atoms with Crippen molar-refractivity contribution in [2.75, 3.05) is 26.0 Å². The number of nitrogens with zero attached hydrogens (tertiary/aromatic N) is 3. The lowest BCUT2D eigenvalue weighted by atomic mass is 9.99. The van der Waals surface area contributed by atoms with E-state index in [-0.39, 0.29) is 5.92 Å². The van der Waals surface area contributed by atoms with Crippen LogP contribution in [0, 0.1) is 17.2 Å². The largest absolute Gasteiger partial charge is 0.493 e. The number of aromatic nitrogens is 1. The van der Waals surface area contributed by atoms with E-state index >= 15 is 0 Å². The van der Waals surface area contributed by atoms with Gasteiger partial charge in [-0.05, 0) is 59.7 Å². The summed E-state index contributed by atoms with van der Waals surface area (Å²) >= 11 is 0. The summed E-state index contributed by atoms with van der Waals surface area (Å²) in [6, 6.07) is 15.6. The van der Waals surface area contributed by atoms with Gasteiger partial charge in [-0.25, -0.2) is 12.7 Å². The number of ether oxygens (including phenoxy) is 1. The smallest absolute Gasteiger partial charge is 0.211 e. The van der Waals surface area contributed by atoms with Crippen molar-refractivity contribution < 1.29 is 13.2 Å². The van der Waals surface area contributed by atoms with Crippen molar-refractivity contribution in [3.8, 4) is 22.9 Å². The first kappa shape index (κ1) is 20.3. The molecule has 4 rings (SSSR count). The second-order valence-corrected chi connectivity index (χ2v) is 9.69. The lowest BCUT2D eigenvalue weighted by molar-refractivity contribution is 0.182. The van der Waals surface area contributed by atoms with E-state index in [9.17, 15) is 13.7 Å². The van der Waals surface area contributed by atoms with E-state index in [0.717, 1.165) is 40.5 Å². The molecule has 2 aromatic carbocycles. The summed E-state index contributed by atoms with van der Waals surface area (Å²) in [7, 11) is -3.18. The van der Waals surface area contributed by atoms with Crippen molar-refractivity contribution in [3.05, 3.63) is 60.4 Å². The zero-order chi connectivity index (χ0) is 21.1. The van der Waals surface area contributed by atoms with Crippen LogP contribution in [0.1, 0.15) is 18.4 Å². The number of piperidine rings is 1. The Hall–Kier alpha value is -2.95. The van der Waals surface area contributed by atoms with Crippen LogP contribution in [0.5, 0.6) is 5.75 Å². The lowest BCUT2D eigenvalue weighted by Crippen LogP contribution is -2.40. The van der Waals surface area contributed by atoms with Gasteiger partial charge in [0.1, 0.15) is 5.75 Å². The van der Waals surface area contributed by atoms with Crippen molar-refractivity contribution in [2.24, 2.45) is 5.92 Å². The van der Waals surface area contributed by atoms with E-state index in [1.165, 1.54) is 10.6 Å². The number of sulfonamides is 1. The molecule has 1 fully saturated rings. The van der Waals surface area contributed by atoms with E-state index in [2.05, 4.69) is 17.1 Å². The first-order valence-electron chi connectivity index (χ1n) is 9.90. The zero-order valence-corrected chi connectivity index (χ0v) is 17.6. The van der Waals surface area contributed by atoms with Crippen LogP contribution in [0.2, 0.25) is 0 Å². The summed E-state index contributed by atoms with van der Waals surface area (Å²) in [5, 5.41) is 11.1. The molecule has 0 bridgehead atoms. The Kier molecular flexibility index (Phi) is 5.71. The molecule has 0 saturated carbocycles. The monoisotopic (exact) mass is 421 g/mol. The topological polar surface area (TPSA) is 83.3 Å². The van der Waals surface area contributed by atoms with Gasteiger partial charge in [0.25, 0.3) is 0 Å². The maximum atomic E-state index is 11.9. The third-order valence-corrected chi connectivity index (χ3v) is 6.74. The third kappa shape index (κ3) is 4.45. The highest BCUT2D eigenvalue weighted by Gasteiger charge is 2.26.